The van der Waals surface area contributed by atoms with Crippen LogP contribution in [0, 0.1) is 6.92 Å². The van der Waals surface area contributed by atoms with Crippen LogP contribution < -0.4 is 0 Å². The van der Waals surface area contributed by atoms with Crippen LogP contribution >= 0.6 is 11.3 Å². The first-order valence-electron chi connectivity index (χ1n) is 5.93. The minimum absolute atomic E-state index is 0.400. The Labute approximate surface area is 106 Å². The van der Waals surface area contributed by atoms with Crippen molar-refractivity contribution >= 4 is 11.3 Å². The molecule has 2 aromatic rings. The standard InChI is InChI=1S/C13H18N2OS/c1-8(2)11-6-15-13(16-11)5-9(3)12-7-14-10(4)17-12/h6-9H,5H2,1-4H3. The Morgan fingerprint density at radius 2 is 2.00 bits per heavy atom. The van der Waals surface area contributed by atoms with Gasteiger partial charge in [0.05, 0.1) is 11.2 Å². The highest BCUT2D eigenvalue weighted by atomic mass is 32.1. The zero-order valence-corrected chi connectivity index (χ0v) is 11.5. The summed E-state index contributed by atoms with van der Waals surface area (Å²) in [6, 6.07) is 0. The Morgan fingerprint density at radius 1 is 1.24 bits per heavy atom. The zero-order chi connectivity index (χ0) is 12.4. The smallest absolute Gasteiger partial charge is 0.194 e. The van der Waals surface area contributed by atoms with Gasteiger partial charge in [-0.15, -0.1) is 11.3 Å². The lowest BCUT2D eigenvalue weighted by Crippen LogP contribution is -1.96. The molecule has 0 bridgehead atoms. The summed E-state index contributed by atoms with van der Waals surface area (Å²) in [7, 11) is 0. The lowest BCUT2D eigenvalue weighted by atomic mass is 10.1. The molecule has 0 aromatic carbocycles. The third-order valence-electron chi connectivity index (χ3n) is 2.75. The normalized spacial score (nSPS) is 13.2. The van der Waals surface area contributed by atoms with E-state index in [2.05, 4.69) is 30.7 Å². The van der Waals surface area contributed by atoms with Gasteiger partial charge in [-0.1, -0.05) is 20.8 Å². The average Bonchev–Trinajstić information content (AvgIpc) is 2.86. The zero-order valence-electron chi connectivity index (χ0n) is 10.7. The minimum atomic E-state index is 0.400. The predicted molar refractivity (Wildman–Crippen MR) is 69.6 cm³/mol. The van der Waals surface area contributed by atoms with E-state index in [0.29, 0.717) is 11.8 Å². The van der Waals surface area contributed by atoms with Gasteiger partial charge in [0.1, 0.15) is 5.76 Å². The fraction of sp³-hybridized carbons (Fsp3) is 0.538. The number of hydrogen-bond donors (Lipinski definition) is 0. The Morgan fingerprint density at radius 3 is 2.53 bits per heavy atom. The predicted octanol–water partition coefficient (Wildman–Crippen LogP) is 3.91. The highest BCUT2D eigenvalue weighted by molar-refractivity contribution is 7.11. The van der Waals surface area contributed by atoms with E-state index >= 15 is 0 Å². The molecule has 0 N–H and O–H groups in total. The highest BCUT2D eigenvalue weighted by Gasteiger charge is 2.14. The quantitative estimate of drug-likeness (QED) is 0.825. The first kappa shape index (κ1) is 12.3. The van der Waals surface area contributed by atoms with Gasteiger partial charge in [0.25, 0.3) is 0 Å². The molecule has 0 radical (unpaired) electrons. The van der Waals surface area contributed by atoms with Crippen molar-refractivity contribution in [2.45, 2.75) is 46.0 Å². The average molecular weight is 250 g/mol. The molecule has 0 fully saturated rings. The van der Waals surface area contributed by atoms with Crippen LogP contribution in [0.25, 0.3) is 0 Å². The van der Waals surface area contributed by atoms with Gasteiger partial charge in [-0.3, -0.25) is 0 Å². The molecule has 0 saturated carbocycles. The van der Waals surface area contributed by atoms with Crippen LogP contribution in [0.15, 0.2) is 16.8 Å². The number of aromatic nitrogens is 2. The number of aryl methyl sites for hydroxylation is 1. The van der Waals surface area contributed by atoms with Crippen LogP contribution in [0.3, 0.4) is 0 Å². The van der Waals surface area contributed by atoms with Crippen LogP contribution in [0.4, 0.5) is 0 Å². The van der Waals surface area contributed by atoms with E-state index in [4.69, 9.17) is 4.42 Å². The summed E-state index contributed by atoms with van der Waals surface area (Å²) in [5.41, 5.74) is 0. The van der Waals surface area contributed by atoms with Crippen molar-refractivity contribution in [3.63, 3.8) is 0 Å². The molecule has 92 valence electrons. The number of thiazole rings is 1. The van der Waals surface area contributed by atoms with Crippen molar-refractivity contribution < 1.29 is 4.42 Å². The molecule has 2 heterocycles. The fourth-order valence-electron chi connectivity index (χ4n) is 1.65. The highest BCUT2D eigenvalue weighted by Crippen LogP contribution is 2.26. The van der Waals surface area contributed by atoms with Gasteiger partial charge in [0.15, 0.2) is 5.89 Å². The van der Waals surface area contributed by atoms with E-state index in [1.165, 1.54) is 4.88 Å². The molecule has 2 aromatic heterocycles. The third-order valence-corrected chi connectivity index (χ3v) is 3.89. The molecular formula is C13H18N2OS. The molecule has 1 unspecified atom stereocenters. The molecule has 17 heavy (non-hydrogen) atoms. The van der Waals surface area contributed by atoms with E-state index in [9.17, 15) is 0 Å². The molecule has 3 nitrogen and oxygen atoms in total. The number of hydrogen-bond acceptors (Lipinski definition) is 4. The molecule has 0 aliphatic rings. The Kier molecular flexibility index (Phi) is 3.62. The molecule has 0 aliphatic carbocycles. The van der Waals surface area contributed by atoms with Crippen molar-refractivity contribution in [3.05, 3.63) is 33.9 Å². The van der Waals surface area contributed by atoms with Crippen molar-refractivity contribution in [3.8, 4) is 0 Å². The maximum absolute atomic E-state index is 5.72. The Hall–Kier alpha value is -1.16. The SMILES string of the molecule is Cc1ncc(C(C)Cc2ncc(C(C)C)o2)s1. The molecule has 0 spiro atoms. The number of rotatable bonds is 4. The van der Waals surface area contributed by atoms with E-state index in [1.54, 1.807) is 11.3 Å². The van der Waals surface area contributed by atoms with Gasteiger partial charge in [0.2, 0.25) is 0 Å². The van der Waals surface area contributed by atoms with Crippen molar-refractivity contribution in [1.29, 1.82) is 0 Å². The molecule has 0 aliphatic heterocycles. The van der Waals surface area contributed by atoms with Crippen molar-refractivity contribution in [1.82, 2.24) is 9.97 Å². The summed E-state index contributed by atoms with van der Waals surface area (Å²) in [5, 5.41) is 1.11. The molecule has 0 amide bonds. The van der Waals surface area contributed by atoms with E-state index in [0.717, 1.165) is 23.1 Å². The number of oxazole rings is 1. The maximum Gasteiger partial charge on any atom is 0.194 e. The van der Waals surface area contributed by atoms with Gasteiger partial charge in [0, 0.05) is 29.3 Å². The molecule has 2 rings (SSSR count). The van der Waals surface area contributed by atoms with Gasteiger partial charge >= 0.3 is 0 Å². The molecule has 1 atom stereocenters. The second kappa shape index (κ2) is 5.00. The summed E-state index contributed by atoms with van der Waals surface area (Å²) in [5.74, 6) is 2.61. The van der Waals surface area contributed by atoms with Gasteiger partial charge in [-0.25, -0.2) is 9.97 Å². The summed E-state index contributed by atoms with van der Waals surface area (Å²) in [6.45, 7) is 8.44. The summed E-state index contributed by atoms with van der Waals surface area (Å²) in [6.07, 6.45) is 4.63. The topological polar surface area (TPSA) is 38.9 Å². The van der Waals surface area contributed by atoms with Crippen LogP contribution in [0.1, 0.15) is 54.1 Å². The lowest BCUT2D eigenvalue weighted by Gasteiger charge is -2.05. The third kappa shape index (κ3) is 2.94. The fourth-order valence-corrected chi connectivity index (χ4v) is 2.49. The van der Waals surface area contributed by atoms with Crippen LogP contribution in [0.2, 0.25) is 0 Å². The minimum Gasteiger partial charge on any atom is -0.445 e. The maximum atomic E-state index is 5.72. The van der Waals surface area contributed by atoms with Crippen LogP contribution in [-0.4, -0.2) is 9.97 Å². The van der Waals surface area contributed by atoms with Gasteiger partial charge < -0.3 is 4.42 Å². The van der Waals surface area contributed by atoms with Crippen molar-refractivity contribution in [2.75, 3.05) is 0 Å². The van der Waals surface area contributed by atoms with Gasteiger partial charge in [-0.05, 0) is 6.92 Å². The van der Waals surface area contributed by atoms with Crippen LogP contribution in [0.5, 0.6) is 0 Å². The monoisotopic (exact) mass is 250 g/mol. The largest absolute Gasteiger partial charge is 0.445 e. The first-order chi connectivity index (χ1) is 8.06. The van der Waals surface area contributed by atoms with Gasteiger partial charge in [-0.2, -0.15) is 0 Å². The molecule has 0 saturated heterocycles. The van der Waals surface area contributed by atoms with E-state index < -0.39 is 0 Å². The second-order valence-corrected chi connectivity index (χ2v) is 5.96. The number of nitrogens with zero attached hydrogens (tertiary/aromatic N) is 2. The molecule has 4 heteroatoms. The molecular weight excluding hydrogens is 232 g/mol. The Balaban J connectivity index is 2.05. The second-order valence-electron chi connectivity index (χ2n) is 4.70. The summed E-state index contributed by atoms with van der Waals surface area (Å²) < 4.78 is 5.72. The summed E-state index contributed by atoms with van der Waals surface area (Å²) >= 11 is 1.75. The van der Waals surface area contributed by atoms with E-state index in [-0.39, 0.29) is 0 Å². The lowest BCUT2D eigenvalue weighted by molar-refractivity contribution is 0.429. The Bertz CT molecular complexity index is 487. The van der Waals surface area contributed by atoms with Crippen molar-refractivity contribution in [2.24, 2.45) is 0 Å². The van der Waals surface area contributed by atoms with Crippen LogP contribution in [-0.2, 0) is 6.42 Å². The first-order valence-corrected chi connectivity index (χ1v) is 6.75. The summed E-state index contributed by atoms with van der Waals surface area (Å²) in [4.78, 5) is 9.91. The van der Waals surface area contributed by atoms with E-state index in [1.807, 2.05) is 19.3 Å².